The van der Waals surface area contributed by atoms with Crippen molar-refractivity contribution in [2.24, 2.45) is 0 Å². The highest BCUT2D eigenvalue weighted by Crippen LogP contribution is 2.18. The summed E-state index contributed by atoms with van der Waals surface area (Å²) in [7, 11) is 3.13. The van der Waals surface area contributed by atoms with Gasteiger partial charge >= 0.3 is 0 Å². The molecule has 30 heavy (non-hydrogen) atoms. The number of halogens is 1. The quantitative estimate of drug-likeness (QED) is 0.506. The molecule has 0 heterocycles. The summed E-state index contributed by atoms with van der Waals surface area (Å²) in [5.41, 5.74) is 1.65. The molecule has 0 spiro atoms. The predicted octanol–water partition coefficient (Wildman–Crippen LogP) is 4.32. The summed E-state index contributed by atoms with van der Waals surface area (Å²) >= 11 is 3.40. The van der Waals surface area contributed by atoms with Gasteiger partial charge in [0, 0.05) is 15.6 Å². The first-order valence-electron chi connectivity index (χ1n) is 9.15. The van der Waals surface area contributed by atoms with E-state index in [1.807, 2.05) is 24.3 Å². The van der Waals surface area contributed by atoms with E-state index in [-0.39, 0.29) is 11.8 Å². The van der Waals surface area contributed by atoms with Gasteiger partial charge in [-0.3, -0.25) is 9.59 Å². The number of carbonyl (C=O) groups excluding carboxylic acids is 2. The molecule has 0 radical (unpaired) electrons. The van der Waals surface area contributed by atoms with Gasteiger partial charge in [0.15, 0.2) is 0 Å². The monoisotopic (exact) mass is 468 g/mol. The third-order valence-electron chi connectivity index (χ3n) is 4.46. The van der Waals surface area contributed by atoms with Crippen LogP contribution in [0.15, 0.2) is 77.3 Å². The van der Waals surface area contributed by atoms with E-state index < -0.39 is 6.17 Å². The van der Waals surface area contributed by atoms with Crippen LogP contribution < -0.4 is 20.1 Å². The molecule has 3 aromatic carbocycles. The van der Waals surface area contributed by atoms with Crippen LogP contribution in [0.4, 0.5) is 0 Å². The minimum Gasteiger partial charge on any atom is -0.497 e. The van der Waals surface area contributed by atoms with Crippen LogP contribution in [0.2, 0.25) is 0 Å². The molecular weight excluding hydrogens is 448 g/mol. The minimum absolute atomic E-state index is 0.319. The zero-order chi connectivity index (χ0) is 21.5. The van der Waals surface area contributed by atoms with E-state index in [9.17, 15) is 9.59 Å². The Morgan fingerprint density at radius 1 is 0.700 bits per heavy atom. The van der Waals surface area contributed by atoms with E-state index in [0.29, 0.717) is 22.6 Å². The molecule has 3 aromatic rings. The molecule has 0 aromatic heterocycles. The average Bonchev–Trinajstić information content (AvgIpc) is 2.79. The van der Waals surface area contributed by atoms with Crippen LogP contribution in [0.1, 0.15) is 32.4 Å². The summed E-state index contributed by atoms with van der Waals surface area (Å²) in [6, 6.07) is 20.8. The number of methoxy groups -OCH3 is 2. The van der Waals surface area contributed by atoms with Gasteiger partial charge in [-0.1, -0.05) is 28.1 Å². The Hall–Kier alpha value is -3.32. The van der Waals surface area contributed by atoms with Gasteiger partial charge in [0.25, 0.3) is 11.8 Å². The van der Waals surface area contributed by atoms with Crippen molar-refractivity contribution < 1.29 is 19.1 Å². The van der Waals surface area contributed by atoms with Crippen LogP contribution in [0, 0.1) is 0 Å². The maximum Gasteiger partial charge on any atom is 0.253 e. The largest absolute Gasteiger partial charge is 0.497 e. The molecule has 7 heteroatoms. The van der Waals surface area contributed by atoms with Crippen LogP contribution in [0.5, 0.6) is 11.5 Å². The Morgan fingerprint density at radius 2 is 1.10 bits per heavy atom. The number of ether oxygens (including phenoxy) is 2. The lowest BCUT2D eigenvalue weighted by atomic mass is 10.1. The fourth-order valence-corrected chi connectivity index (χ4v) is 3.04. The number of nitrogens with one attached hydrogen (secondary N) is 2. The highest BCUT2D eigenvalue weighted by atomic mass is 79.9. The van der Waals surface area contributed by atoms with Crippen LogP contribution in [-0.2, 0) is 0 Å². The van der Waals surface area contributed by atoms with Gasteiger partial charge in [-0.05, 0) is 66.2 Å². The van der Waals surface area contributed by atoms with Crippen LogP contribution in [0.3, 0.4) is 0 Å². The molecule has 0 atom stereocenters. The van der Waals surface area contributed by atoms with Gasteiger partial charge in [-0.2, -0.15) is 0 Å². The number of hydrogen-bond acceptors (Lipinski definition) is 4. The molecule has 0 aliphatic heterocycles. The zero-order valence-electron chi connectivity index (χ0n) is 16.5. The normalized spacial score (nSPS) is 10.4. The van der Waals surface area contributed by atoms with E-state index in [2.05, 4.69) is 26.6 Å². The van der Waals surface area contributed by atoms with Crippen LogP contribution >= 0.6 is 15.9 Å². The molecule has 0 bridgehead atoms. The second kappa shape index (κ2) is 9.93. The molecule has 0 fully saturated rings. The van der Waals surface area contributed by atoms with Crippen LogP contribution in [-0.4, -0.2) is 26.0 Å². The van der Waals surface area contributed by atoms with E-state index in [1.54, 1.807) is 62.8 Å². The first-order valence-corrected chi connectivity index (χ1v) is 9.95. The molecule has 154 valence electrons. The van der Waals surface area contributed by atoms with Crippen LogP contribution in [0.25, 0.3) is 0 Å². The minimum atomic E-state index is -0.720. The topological polar surface area (TPSA) is 76.7 Å². The SMILES string of the molecule is COc1ccc(C(=O)NC(NC(=O)c2ccc(OC)cc2)c2ccc(Br)cc2)cc1. The number of rotatable bonds is 7. The summed E-state index contributed by atoms with van der Waals surface area (Å²) in [6.07, 6.45) is -0.720. The Bertz CT molecular complexity index is 941. The Balaban J connectivity index is 1.81. The maximum absolute atomic E-state index is 12.8. The van der Waals surface area contributed by atoms with E-state index in [0.717, 1.165) is 10.0 Å². The van der Waals surface area contributed by atoms with Gasteiger partial charge < -0.3 is 20.1 Å². The Labute approximate surface area is 183 Å². The number of hydrogen-bond donors (Lipinski definition) is 2. The van der Waals surface area contributed by atoms with Gasteiger partial charge in [0.05, 0.1) is 14.2 Å². The first-order chi connectivity index (χ1) is 14.5. The molecule has 0 aliphatic rings. The number of carbonyl (C=O) groups is 2. The van der Waals surface area contributed by atoms with Gasteiger partial charge in [0.2, 0.25) is 0 Å². The zero-order valence-corrected chi connectivity index (χ0v) is 18.1. The number of amides is 2. The lowest BCUT2D eigenvalue weighted by Crippen LogP contribution is -2.41. The van der Waals surface area contributed by atoms with Crippen molar-refractivity contribution in [1.82, 2.24) is 10.6 Å². The van der Waals surface area contributed by atoms with E-state index >= 15 is 0 Å². The summed E-state index contributed by atoms with van der Waals surface area (Å²) in [5, 5.41) is 5.76. The average molecular weight is 469 g/mol. The van der Waals surface area contributed by atoms with Gasteiger partial charge in [0.1, 0.15) is 17.7 Å². The highest BCUT2D eigenvalue weighted by Gasteiger charge is 2.19. The summed E-state index contributed by atoms with van der Waals surface area (Å²) in [4.78, 5) is 25.5. The van der Waals surface area contributed by atoms with Gasteiger partial charge in [-0.25, -0.2) is 0 Å². The van der Waals surface area contributed by atoms with Crippen molar-refractivity contribution in [3.8, 4) is 11.5 Å². The number of benzene rings is 3. The fourth-order valence-electron chi connectivity index (χ4n) is 2.77. The summed E-state index contributed by atoms with van der Waals surface area (Å²) < 4.78 is 11.1. The molecule has 2 amide bonds. The van der Waals surface area contributed by atoms with Crippen molar-refractivity contribution >= 4 is 27.7 Å². The molecule has 0 saturated heterocycles. The maximum atomic E-state index is 12.8. The molecule has 6 nitrogen and oxygen atoms in total. The standard InChI is InChI=1S/C23H21BrN2O4/c1-29-19-11-5-16(6-12-19)22(27)25-21(15-3-9-18(24)10-4-15)26-23(28)17-7-13-20(30-2)14-8-17/h3-14,21H,1-2H3,(H,25,27)(H,26,28). The second-order valence-electron chi connectivity index (χ2n) is 6.39. The van der Waals surface area contributed by atoms with Crippen molar-refractivity contribution in [2.45, 2.75) is 6.17 Å². The Morgan fingerprint density at radius 3 is 1.47 bits per heavy atom. The third-order valence-corrected chi connectivity index (χ3v) is 4.99. The third kappa shape index (κ3) is 5.39. The van der Waals surface area contributed by atoms with E-state index in [1.165, 1.54) is 0 Å². The van der Waals surface area contributed by atoms with Crippen molar-refractivity contribution in [2.75, 3.05) is 14.2 Å². The highest BCUT2D eigenvalue weighted by molar-refractivity contribution is 9.10. The fraction of sp³-hybridized carbons (Fsp3) is 0.130. The van der Waals surface area contributed by atoms with Crippen molar-refractivity contribution in [3.63, 3.8) is 0 Å². The predicted molar refractivity (Wildman–Crippen MR) is 118 cm³/mol. The van der Waals surface area contributed by atoms with Crippen molar-refractivity contribution in [3.05, 3.63) is 94.0 Å². The molecule has 0 unspecified atom stereocenters. The van der Waals surface area contributed by atoms with Gasteiger partial charge in [-0.15, -0.1) is 0 Å². The molecule has 3 rings (SSSR count). The van der Waals surface area contributed by atoms with E-state index in [4.69, 9.17) is 9.47 Å². The Kier molecular flexibility index (Phi) is 7.08. The summed E-state index contributed by atoms with van der Waals surface area (Å²) in [6.45, 7) is 0. The van der Waals surface area contributed by atoms with Crippen molar-refractivity contribution in [1.29, 1.82) is 0 Å². The molecule has 0 saturated carbocycles. The molecule has 2 N–H and O–H groups in total. The molecular formula is C23H21BrN2O4. The first kappa shape index (κ1) is 21.4. The lowest BCUT2D eigenvalue weighted by molar-refractivity contribution is 0.0883. The summed E-state index contributed by atoms with van der Waals surface area (Å²) in [5.74, 6) is 0.675. The lowest BCUT2D eigenvalue weighted by Gasteiger charge is -2.21. The molecule has 0 aliphatic carbocycles. The smallest absolute Gasteiger partial charge is 0.253 e. The second-order valence-corrected chi connectivity index (χ2v) is 7.30.